The molecule has 92 valence electrons. The molecule has 2 atom stereocenters. The van der Waals surface area contributed by atoms with Crippen molar-refractivity contribution in [1.82, 2.24) is 5.32 Å². The van der Waals surface area contributed by atoms with Crippen LogP contribution in [0.1, 0.15) is 33.1 Å². The van der Waals surface area contributed by atoms with Crippen LogP contribution in [-0.2, 0) is 9.47 Å². The molecule has 0 spiro atoms. The zero-order chi connectivity index (χ0) is 11.9. The van der Waals surface area contributed by atoms with Crippen molar-refractivity contribution in [2.24, 2.45) is 0 Å². The SMILES string of the molecule is CCNC1(C#N)CCC(OCCOCC)C1. The molecule has 1 fully saturated rings. The van der Waals surface area contributed by atoms with Crippen LogP contribution in [0.2, 0.25) is 0 Å². The normalized spacial score (nSPS) is 29.2. The van der Waals surface area contributed by atoms with Crippen LogP contribution < -0.4 is 5.32 Å². The van der Waals surface area contributed by atoms with Gasteiger partial charge in [-0.05, 0) is 26.3 Å². The van der Waals surface area contributed by atoms with Crippen molar-refractivity contribution in [2.75, 3.05) is 26.4 Å². The van der Waals surface area contributed by atoms with Crippen molar-refractivity contribution in [3.05, 3.63) is 0 Å². The fourth-order valence-electron chi connectivity index (χ4n) is 2.20. The summed E-state index contributed by atoms with van der Waals surface area (Å²) >= 11 is 0. The molecule has 0 heterocycles. The molecule has 0 amide bonds. The quantitative estimate of drug-likeness (QED) is 0.668. The minimum Gasteiger partial charge on any atom is -0.379 e. The molecule has 0 radical (unpaired) electrons. The summed E-state index contributed by atoms with van der Waals surface area (Å²) < 4.78 is 10.9. The van der Waals surface area contributed by atoms with Gasteiger partial charge in [0.05, 0.1) is 25.4 Å². The summed E-state index contributed by atoms with van der Waals surface area (Å²) in [4.78, 5) is 0. The third kappa shape index (κ3) is 3.75. The molecule has 1 N–H and O–H groups in total. The third-order valence-electron chi connectivity index (χ3n) is 2.98. The van der Waals surface area contributed by atoms with Crippen LogP contribution in [-0.4, -0.2) is 38.0 Å². The van der Waals surface area contributed by atoms with Crippen LogP contribution in [0.5, 0.6) is 0 Å². The summed E-state index contributed by atoms with van der Waals surface area (Å²) in [7, 11) is 0. The summed E-state index contributed by atoms with van der Waals surface area (Å²) in [5.41, 5.74) is -0.356. The van der Waals surface area contributed by atoms with Crippen molar-refractivity contribution >= 4 is 0 Å². The molecule has 0 aromatic heterocycles. The van der Waals surface area contributed by atoms with Gasteiger partial charge in [-0.1, -0.05) is 6.92 Å². The summed E-state index contributed by atoms with van der Waals surface area (Å²) in [5.74, 6) is 0. The molecule has 16 heavy (non-hydrogen) atoms. The number of rotatable bonds is 7. The average molecular weight is 226 g/mol. The highest BCUT2D eigenvalue weighted by Gasteiger charge is 2.39. The van der Waals surface area contributed by atoms with Gasteiger partial charge in [-0.15, -0.1) is 0 Å². The molecule has 0 bridgehead atoms. The van der Waals surface area contributed by atoms with E-state index < -0.39 is 0 Å². The molecule has 1 aliphatic rings. The maximum Gasteiger partial charge on any atom is 0.109 e. The van der Waals surface area contributed by atoms with E-state index in [2.05, 4.69) is 11.4 Å². The number of nitrogens with zero attached hydrogens (tertiary/aromatic N) is 1. The summed E-state index contributed by atoms with van der Waals surface area (Å²) in [5, 5.41) is 12.4. The Bertz CT molecular complexity index is 240. The molecule has 1 aliphatic carbocycles. The summed E-state index contributed by atoms with van der Waals surface area (Å²) in [6.07, 6.45) is 2.85. The van der Waals surface area contributed by atoms with E-state index in [0.717, 1.165) is 32.4 Å². The zero-order valence-electron chi connectivity index (χ0n) is 10.3. The van der Waals surface area contributed by atoms with Crippen molar-refractivity contribution in [3.63, 3.8) is 0 Å². The van der Waals surface area contributed by atoms with Gasteiger partial charge in [-0.2, -0.15) is 5.26 Å². The van der Waals surface area contributed by atoms with Crippen LogP contribution >= 0.6 is 0 Å². The second-order valence-corrected chi connectivity index (χ2v) is 4.16. The Morgan fingerprint density at radius 2 is 2.25 bits per heavy atom. The highest BCUT2D eigenvalue weighted by Crippen LogP contribution is 2.31. The van der Waals surface area contributed by atoms with E-state index in [1.165, 1.54) is 0 Å². The summed E-state index contributed by atoms with van der Waals surface area (Å²) in [6, 6.07) is 2.39. The first-order valence-corrected chi connectivity index (χ1v) is 6.12. The lowest BCUT2D eigenvalue weighted by Crippen LogP contribution is -2.41. The molecular weight excluding hydrogens is 204 g/mol. The number of hydrogen-bond acceptors (Lipinski definition) is 4. The first kappa shape index (κ1) is 13.4. The Hall–Kier alpha value is -0.630. The predicted molar refractivity (Wildman–Crippen MR) is 62.1 cm³/mol. The third-order valence-corrected chi connectivity index (χ3v) is 2.98. The van der Waals surface area contributed by atoms with E-state index in [9.17, 15) is 5.26 Å². The van der Waals surface area contributed by atoms with E-state index in [1.807, 2.05) is 13.8 Å². The van der Waals surface area contributed by atoms with Crippen LogP contribution in [0.15, 0.2) is 0 Å². The van der Waals surface area contributed by atoms with Gasteiger partial charge in [0, 0.05) is 13.0 Å². The van der Waals surface area contributed by atoms with Gasteiger partial charge in [0.15, 0.2) is 0 Å². The molecular formula is C12H22N2O2. The van der Waals surface area contributed by atoms with Crippen molar-refractivity contribution in [2.45, 2.75) is 44.8 Å². The molecule has 0 aliphatic heterocycles. The van der Waals surface area contributed by atoms with Gasteiger partial charge in [0.25, 0.3) is 0 Å². The average Bonchev–Trinajstić information content (AvgIpc) is 2.70. The molecule has 4 nitrogen and oxygen atoms in total. The Kier molecular flexibility index (Phi) is 5.75. The monoisotopic (exact) mass is 226 g/mol. The molecule has 2 unspecified atom stereocenters. The maximum absolute atomic E-state index is 9.18. The van der Waals surface area contributed by atoms with Crippen LogP contribution in [0.4, 0.5) is 0 Å². The molecule has 1 rings (SSSR count). The van der Waals surface area contributed by atoms with Crippen molar-refractivity contribution in [3.8, 4) is 6.07 Å². The maximum atomic E-state index is 9.18. The number of hydrogen-bond donors (Lipinski definition) is 1. The van der Waals surface area contributed by atoms with Gasteiger partial charge in [-0.25, -0.2) is 0 Å². The second kappa shape index (κ2) is 6.85. The zero-order valence-corrected chi connectivity index (χ0v) is 10.3. The molecule has 1 saturated carbocycles. The van der Waals surface area contributed by atoms with Crippen molar-refractivity contribution < 1.29 is 9.47 Å². The van der Waals surface area contributed by atoms with Gasteiger partial charge >= 0.3 is 0 Å². The van der Waals surface area contributed by atoms with Gasteiger partial charge in [-0.3, -0.25) is 5.32 Å². The van der Waals surface area contributed by atoms with E-state index in [0.29, 0.717) is 13.2 Å². The minimum atomic E-state index is -0.356. The Labute approximate surface area is 97.9 Å². The molecule has 0 aromatic carbocycles. The van der Waals surface area contributed by atoms with Gasteiger partial charge < -0.3 is 9.47 Å². The summed E-state index contributed by atoms with van der Waals surface area (Å²) in [6.45, 7) is 6.84. The lowest BCUT2D eigenvalue weighted by Gasteiger charge is -2.21. The standard InChI is InChI=1S/C12H22N2O2/c1-3-14-12(10-13)6-5-11(9-12)16-8-7-15-4-2/h11,14H,3-9H2,1-2H3. The fourth-order valence-corrected chi connectivity index (χ4v) is 2.20. The smallest absolute Gasteiger partial charge is 0.109 e. The Balaban J connectivity index is 2.26. The fraction of sp³-hybridized carbons (Fsp3) is 0.917. The number of ether oxygens (including phenoxy) is 2. The first-order chi connectivity index (χ1) is 7.76. The predicted octanol–water partition coefficient (Wildman–Crippen LogP) is 1.46. The Morgan fingerprint density at radius 3 is 2.88 bits per heavy atom. The van der Waals surface area contributed by atoms with E-state index in [4.69, 9.17) is 9.47 Å². The minimum absolute atomic E-state index is 0.208. The van der Waals surface area contributed by atoms with Crippen LogP contribution in [0.25, 0.3) is 0 Å². The topological polar surface area (TPSA) is 54.3 Å². The Morgan fingerprint density at radius 1 is 1.44 bits per heavy atom. The molecule has 4 heteroatoms. The van der Waals surface area contributed by atoms with Crippen LogP contribution in [0, 0.1) is 11.3 Å². The highest BCUT2D eigenvalue weighted by atomic mass is 16.5. The second-order valence-electron chi connectivity index (χ2n) is 4.16. The van der Waals surface area contributed by atoms with Gasteiger partial charge in [0.1, 0.15) is 5.54 Å². The first-order valence-electron chi connectivity index (χ1n) is 6.12. The van der Waals surface area contributed by atoms with E-state index in [1.54, 1.807) is 0 Å². The molecule has 0 saturated heterocycles. The molecule has 0 aromatic rings. The van der Waals surface area contributed by atoms with E-state index >= 15 is 0 Å². The lowest BCUT2D eigenvalue weighted by atomic mass is 10.00. The highest BCUT2D eigenvalue weighted by molar-refractivity contribution is 5.12. The number of nitriles is 1. The van der Waals surface area contributed by atoms with Crippen LogP contribution in [0.3, 0.4) is 0 Å². The van der Waals surface area contributed by atoms with Crippen molar-refractivity contribution in [1.29, 1.82) is 5.26 Å². The van der Waals surface area contributed by atoms with Gasteiger partial charge in [0.2, 0.25) is 0 Å². The largest absolute Gasteiger partial charge is 0.379 e. The lowest BCUT2D eigenvalue weighted by molar-refractivity contribution is 0.00877. The van der Waals surface area contributed by atoms with E-state index in [-0.39, 0.29) is 11.6 Å². The number of nitrogens with one attached hydrogen (secondary N) is 1.